The number of hydrogen-bond acceptors (Lipinski definition) is 4. The quantitative estimate of drug-likeness (QED) is 0.702. The van der Waals surface area contributed by atoms with Gasteiger partial charge in [-0.05, 0) is 31.1 Å². The summed E-state index contributed by atoms with van der Waals surface area (Å²) in [5, 5.41) is 27.6. The lowest BCUT2D eigenvalue weighted by Crippen LogP contribution is -2.40. The molecule has 6 nitrogen and oxygen atoms in total. The van der Waals surface area contributed by atoms with Crippen LogP contribution in [0.25, 0.3) is 0 Å². The fourth-order valence-electron chi connectivity index (χ4n) is 2.21. The minimum Gasteiger partial charge on any atom is -0.508 e. The van der Waals surface area contributed by atoms with Crippen LogP contribution in [-0.2, 0) is 14.3 Å². The van der Waals surface area contributed by atoms with E-state index in [2.05, 4.69) is 0 Å². The second-order valence-corrected chi connectivity index (χ2v) is 4.94. The summed E-state index contributed by atoms with van der Waals surface area (Å²) in [6, 6.07) is 0. The number of carboxylic acids is 2. The molecule has 1 rings (SSSR count). The molecular formula is C13H18O6. The molecule has 0 saturated carbocycles. The predicted molar refractivity (Wildman–Crippen MR) is 66.8 cm³/mol. The van der Waals surface area contributed by atoms with Gasteiger partial charge in [-0.3, -0.25) is 4.79 Å². The molecule has 0 aromatic carbocycles. The Morgan fingerprint density at radius 1 is 1.32 bits per heavy atom. The monoisotopic (exact) mass is 270 g/mol. The molecule has 0 aliphatic heterocycles. The lowest BCUT2D eigenvalue weighted by molar-refractivity contribution is -0.147. The van der Waals surface area contributed by atoms with Crippen molar-refractivity contribution in [2.24, 2.45) is 5.41 Å². The molecule has 0 saturated heterocycles. The van der Waals surface area contributed by atoms with E-state index >= 15 is 0 Å². The minimum absolute atomic E-state index is 0.0407. The van der Waals surface area contributed by atoms with Crippen molar-refractivity contribution >= 4 is 11.9 Å². The number of hydrogen-bond donors (Lipinski definition) is 3. The largest absolute Gasteiger partial charge is 0.508 e. The topological polar surface area (TPSA) is 104 Å². The highest BCUT2D eigenvalue weighted by molar-refractivity contribution is 5.69. The Hall–Kier alpha value is -1.82. The van der Waals surface area contributed by atoms with Crippen molar-refractivity contribution in [3.63, 3.8) is 0 Å². The highest BCUT2D eigenvalue weighted by Crippen LogP contribution is 2.43. The zero-order valence-electron chi connectivity index (χ0n) is 11.1. The van der Waals surface area contributed by atoms with Crippen LogP contribution >= 0.6 is 0 Å². The lowest BCUT2D eigenvalue weighted by Gasteiger charge is -2.39. The van der Waals surface area contributed by atoms with Crippen LogP contribution in [0.1, 0.15) is 27.2 Å². The van der Waals surface area contributed by atoms with Gasteiger partial charge in [-0.15, -0.1) is 0 Å². The molecule has 1 aliphatic carbocycles. The Morgan fingerprint density at radius 2 is 1.89 bits per heavy atom. The first-order chi connectivity index (χ1) is 8.68. The van der Waals surface area contributed by atoms with E-state index in [1.165, 1.54) is 0 Å². The normalized spacial score (nSPS) is 27.1. The molecule has 0 spiro atoms. The number of ether oxygens (including phenoxy) is 1. The summed E-state index contributed by atoms with van der Waals surface area (Å²) in [6.07, 6.45) is 0.612. The number of carboxylic acid groups (broad SMARTS) is 2. The zero-order chi connectivity index (χ0) is 14.8. The average molecular weight is 270 g/mol. The number of allylic oxidation sites excluding steroid dienone is 1. The summed E-state index contributed by atoms with van der Waals surface area (Å²) < 4.78 is 5.27. The maximum Gasteiger partial charge on any atom is 0.329 e. The van der Waals surface area contributed by atoms with Gasteiger partial charge in [0.05, 0.1) is 12.5 Å². The van der Waals surface area contributed by atoms with Gasteiger partial charge in [-0.25, -0.2) is 4.79 Å². The van der Waals surface area contributed by atoms with Gasteiger partial charge in [0.25, 0.3) is 0 Å². The van der Waals surface area contributed by atoms with E-state index in [9.17, 15) is 14.7 Å². The molecule has 1 aliphatic rings. The molecule has 0 amide bonds. The molecule has 3 N–H and O–H groups in total. The van der Waals surface area contributed by atoms with Crippen LogP contribution in [0.5, 0.6) is 0 Å². The second-order valence-electron chi connectivity index (χ2n) is 4.94. The molecule has 6 heteroatoms. The fraction of sp³-hybridized carbons (Fsp3) is 0.538. The SMILES string of the molecule is CC1=CC(OCC(=O)O)C(C)(CC(=O)O)C(C)=C1O. The zero-order valence-corrected chi connectivity index (χ0v) is 11.1. The Morgan fingerprint density at radius 3 is 2.37 bits per heavy atom. The van der Waals surface area contributed by atoms with Crippen LogP contribution in [0.3, 0.4) is 0 Å². The van der Waals surface area contributed by atoms with Crippen LogP contribution in [0.2, 0.25) is 0 Å². The summed E-state index contributed by atoms with van der Waals surface area (Å²) in [6.45, 7) is 4.42. The maximum absolute atomic E-state index is 11.0. The van der Waals surface area contributed by atoms with Crippen LogP contribution in [-0.4, -0.2) is 40.0 Å². The molecule has 0 aromatic heterocycles. The van der Waals surface area contributed by atoms with Gasteiger partial charge >= 0.3 is 11.9 Å². The third kappa shape index (κ3) is 3.14. The highest BCUT2D eigenvalue weighted by Gasteiger charge is 2.42. The highest BCUT2D eigenvalue weighted by atomic mass is 16.5. The number of rotatable bonds is 5. The van der Waals surface area contributed by atoms with Crippen LogP contribution in [0.15, 0.2) is 23.0 Å². The first kappa shape index (κ1) is 15.2. The summed E-state index contributed by atoms with van der Waals surface area (Å²) in [5.41, 5.74) is 0.0752. The Kier molecular flexibility index (Phi) is 4.36. The maximum atomic E-state index is 11.0. The number of aliphatic hydroxyl groups excluding tert-OH is 1. The van der Waals surface area contributed by atoms with Gasteiger partial charge in [0.1, 0.15) is 12.4 Å². The molecule has 2 unspecified atom stereocenters. The van der Waals surface area contributed by atoms with Crippen molar-refractivity contribution in [2.45, 2.75) is 33.3 Å². The Labute approximate surface area is 111 Å². The van der Waals surface area contributed by atoms with Gasteiger partial charge in [0, 0.05) is 5.41 Å². The summed E-state index contributed by atoms with van der Waals surface area (Å²) >= 11 is 0. The van der Waals surface area contributed by atoms with Gasteiger partial charge in [0.2, 0.25) is 0 Å². The third-order valence-corrected chi connectivity index (χ3v) is 3.52. The molecule has 2 atom stereocenters. The molecular weight excluding hydrogens is 252 g/mol. The van der Waals surface area contributed by atoms with Crippen molar-refractivity contribution in [1.29, 1.82) is 0 Å². The second kappa shape index (κ2) is 5.44. The number of aliphatic hydroxyl groups is 1. The molecule has 0 bridgehead atoms. The lowest BCUT2D eigenvalue weighted by atomic mass is 9.70. The van der Waals surface area contributed by atoms with Gasteiger partial charge < -0.3 is 20.1 Å². The molecule has 19 heavy (non-hydrogen) atoms. The third-order valence-electron chi connectivity index (χ3n) is 3.52. The fourth-order valence-corrected chi connectivity index (χ4v) is 2.21. The van der Waals surface area contributed by atoms with E-state index in [1.54, 1.807) is 26.8 Å². The smallest absolute Gasteiger partial charge is 0.329 e. The molecule has 0 radical (unpaired) electrons. The van der Waals surface area contributed by atoms with E-state index in [0.717, 1.165) is 0 Å². The molecule has 0 aromatic rings. The van der Waals surface area contributed by atoms with Crippen molar-refractivity contribution in [3.8, 4) is 0 Å². The molecule has 106 valence electrons. The molecule has 0 heterocycles. The molecule has 0 fully saturated rings. The minimum atomic E-state index is -1.12. The van der Waals surface area contributed by atoms with Crippen molar-refractivity contribution in [3.05, 3.63) is 23.0 Å². The van der Waals surface area contributed by atoms with Gasteiger partial charge in [-0.2, -0.15) is 0 Å². The standard InChI is InChI=1S/C13H18O6/c1-7-4-9(19-6-11(16)17)13(3,5-10(14)15)8(2)12(7)18/h4,9,18H,5-6H2,1-3H3,(H,14,15)(H,16,17). The van der Waals surface area contributed by atoms with Gasteiger partial charge in [-0.1, -0.05) is 6.92 Å². The predicted octanol–water partition coefficient (Wildman–Crippen LogP) is 1.73. The first-order valence-corrected chi connectivity index (χ1v) is 5.82. The average Bonchev–Trinajstić information content (AvgIpc) is 2.29. The van der Waals surface area contributed by atoms with Crippen molar-refractivity contribution in [1.82, 2.24) is 0 Å². The number of aliphatic carboxylic acids is 2. The van der Waals surface area contributed by atoms with E-state index in [0.29, 0.717) is 11.1 Å². The van der Waals surface area contributed by atoms with E-state index in [4.69, 9.17) is 14.9 Å². The van der Waals surface area contributed by atoms with Crippen molar-refractivity contribution < 1.29 is 29.6 Å². The first-order valence-electron chi connectivity index (χ1n) is 5.82. The van der Waals surface area contributed by atoms with Crippen LogP contribution in [0, 0.1) is 5.41 Å². The summed E-state index contributed by atoms with van der Waals surface area (Å²) in [5.74, 6) is -2.12. The summed E-state index contributed by atoms with van der Waals surface area (Å²) in [7, 11) is 0. The van der Waals surface area contributed by atoms with E-state index in [-0.39, 0.29) is 12.2 Å². The summed E-state index contributed by atoms with van der Waals surface area (Å²) in [4.78, 5) is 21.6. The number of carbonyl (C=O) groups is 2. The van der Waals surface area contributed by atoms with E-state index < -0.39 is 30.1 Å². The van der Waals surface area contributed by atoms with Crippen LogP contribution in [0.4, 0.5) is 0 Å². The van der Waals surface area contributed by atoms with Crippen LogP contribution < -0.4 is 0 Å². The Balaban J connectivity index is 3.11. The Bertz CT molecular complexity index is 462. The van der Waals surface area contributed by atoms with Gasteiger partial charge in [0.15, 0.2) is 0 Å². The van der Waals surface area contributed by atoms with E-state index in [1.807, 2.05) is 0 Å². The van der Waals surface area contributed by atoms with Crippen molar-refractivity contribution in [2.75, 3.05) is 6.61 Å².